The normalized spacial score (nSPS) is 20.9. The molecule has 6 nitrogen and oxygen atoms in total. The number of nitrogens with zero attached hydrogens (tertiary/aromatic N) is 2. The van der Waals surface area contributed by atoms with E-state index in [1.165, 1.54) is 18.0 Å². The largest absolute Gasteiger partial charge is 0.371 e. The van der Waals surface area contributed by atoms with Crippen molar-refractivity contribution in [2.75, 3.05) is 11.9 Å². The lowest BCUT2D eigenvalue weighted by molar-refractivity contribution is 0.00554. The molecule has 1 fully saturated rings. The predicted octanol–water partition coefficient (Wildman–Crippen LogP) is 2.22. The monoisotopic (exact) mass is 312 g/mol. The highest BCUT2D eigenvalue weighted by Gasteiger charge is 2.27. The van der Waals surface area contributed by atoms with E-state index in [1.54, 1.807) is 0 Å². The number of aryl methyl sites for hydroxylation is 1. The Kier molecular flexibility index (Phi) is 4.52. The zero-order chi connectivity index (χ0) is 16.2. The maximum atomic E-state index is 11.0. The standard InChI is InChI=1S/C17H20N4O2/c1-11-4-6-12(7-5-11)16-13(3-2-8-23-16)21-15-10-19-14(9-20-15)17(18)22/h4-7,9-10,13,16H,2-3,8H2,1H3,(H2,18,22)(H,20,21)/t13-,16+/m1/s1. The quantitative estimate of drug-likeness (QED) is 0.903. The molecule has 6 heteroatoms. The number of nitrogens with one attached hydrogen (secondary N) is 1. The molecule has 120 valence electrons. The molecule has 1 aromatic heterocycles. The molecule has 0 saturated carbocycles. The Morgan fingerprint density at radius 2 is 2.04 bits per heavy atom. The highest BCUT2D eigenvalue weighted by molar-refractivity contribution is 5.90. The first-order chi connectivity index (χ1) is 11.1. The zero-order valence-electron chi connectivity index (χ0n) is 13.0. The van der Waals surface area contributed by atoms with E-state index in [2.05, 4.69) is 46.5 Å². The molecule has 0 bridgehead atoms. The Hall–Kier alpha value is -2.47. The summed E-state index contributed by atoms with van der Waals surface area (Å²) in [6, 6.07) is 8.49. The van der Waals surface area contributed by atoms with Crippen LogP contribution in [0, 0.1) is 6.92 Å². The van der Waals surface area contributed by atoms with E-state index < -0.39 is 5.91 Å². The summed E-state index contributed by atoms with van der Waals surface area (Å²) in [4.78, 5) is 19.3. The number of rotatable bonds is 4. The summed E-state index contributed by atoms with van der Waals surface area (Å²) in [5, 5.41) is 3.36. The maximum Gasteiger partial charge on any atom is 0.268 e. The minimum atomic E-state index is -0.581. The number of anilines is 1. The van der Waals surface area contributed by atoms with Gasteiger partial charge in [0.1, 0.15) is 17.6 Å². The second kappa shape index (κ2) is 6.75. The van der Waals surface area contributed by atoms with Crippen LogP contribution in [-0.4, -0.2) is 28.5 Å². The number of amides is 1. The molecule has 3 rings (SSSR count). The topological polar surface area (TPSA) is 90.1 Å². The van der Waals surface area contributed by atoms with Crippen molar-refractivity contribution >= 4 is 11.7 Å². The van der Waals surface area contributed by atoms with Crippen molar-refractivity contribution in [2.45, 2.75) is 31.9 Å². The molecule has 1 saturated heterocycles. The lowest BCUT2D eigenvalue weighted by Crippen LogP contribution is -2.34. The number of nitrogens with two attached hydrogens (primary N) is 1. The summed E-state index contributed by atoms with van der Waals surface area (Å²) < 4.78 is 5.97. The molecule has 1 aliphatic rings. The van der Waals surface area contributed by atoms with Crippen LogP contribution in [0.15, 0.2) is 36.7 Å². The van der Waals surface area contributed by atoms with E-state index in [1.807, 2.05) is 0 Å². The van der Waals surface area contributed by atoms with Gasteiger partial charge < -0.3 is 15.8 Å². The van der Waals surface area contributed by atoms with Gasteiger partial charge in [0.2, 0.25) is 0 Å². The third-order valence-corrected chi connectivity index (χ3v) is 3.97. The van der Waals surface area contributed by atoms with Crippen molar-refractivity contribution in [3.05, 3.63) is 53.5 Å². The number of aromatic nitrogens is 2. The summed E-state index contributed by atoms with van der Waals surface area (Å²) in [5.74, 6) is 0.0326. The molecule has 1 aliphatic heterocycles. The number of ether oxygens (including phenoxy) is 1. The summed E-state index contributed by atoms with van der Waals surface area (Å²) in [6.45, 7) is 2.82. The van der Waals surface area contributed by atoms with E-state index in [-0.39, 0.29) is 17.8 Å². The molecule has 2 atom stereocenters. The third-order valence-electron chi connectivity index (χ3n) is 3.97. The highest BCUT2D eigenvalue weighted by Crippen LogP contribution is 2.30. The van der Waals surface area contributed by atoms with Crippen LogP contribution in [-0.2, 0) is 4.74 Å². The van der Waals surface area contributed by atoms with Gasteiger partial charge in [-0.2, -0.15) is 0 Å². The fraction of sp³-hybridized carbons (Fsp3) is 0.353. The first-order valence-electron chi connectivity index (χ1n) is 7.70. The van der Waals surface area contributed by atoms with Crippen LogP contribution in [0.2, 0.25) is 0 Å². The Morgan fingerprint density at radius 1 is 1.26 bits per heavy atom. The van der Waals surface area contributed by atoms with Crippen LogP contribution in [0.5, 0.6) is 0 Å². The Morgan fingerprint density at radius 3 is 2.70 bits per heavy atom. The minimum Gasteiger partial charge on any atom is -0.371 e. The van der Waals surface area contributed by atoms with E-state index in [0.29, 0.717) is 5.82 Å². The average molecular weight is 312 g/mol. The van der Waals surface area contributed by atoms with E-state index in [0.717, 1.165) is 25.0 Å². The van der Waals surface area contributed by atoms with Gasteiger partial charge in [-0.25, -0.2) is 9.97 Å². The van der Waals surface area contributed by atoms with Crippen LogP contribution in [0.4, 0.5) is 5.82 Å². The fourth-order valence-corrected chi connectivity index (χ4v) is 2.73. The predicted molar refractivity (Wildman–Crippen MR) is 87.1 cm³/mol. The van der Waals surface area contributed by atoms with Gasteiger partial charge >= 0.3 is 0 Å². The van der Waals surface area contributed by atoms with Gasteiger partial charge in [0, 0.05) is 6.61 Å². The first kappa shape index (κ1) is 15.4. The molecule has 0 radical (unpaired) electrons. The van der Waals surface area contributed by atoms with E-state index in [9.17, 15) is 4.79 Å². The molecule has 0 aliphatic carbocycles. The van der Waals surface area contributed by atoms with Crippen molar-refractivity contribution in [1.82, 2.24) is 9.97 Å². The fourth-order valence-electron chi connectivity index (χ4n) is 2.73. The smallest absolute Gasteiger partial charge is 0.268 e. The summed E-state index contributed by atoms with van der Waals surface area (Å²) >= 11 is 0. The summed E-state index contributed by atoms with van der Waals surface area (Å²) in [6.07, 6.45) is 4.86. The number of carbonyl (C=O) groups excluding carboxylic acids is 1. The molecule has 1 amide bonds. The summed E-state index contributed by atoms with van der Waals surface area (Å²) in [7, 11) is 0. The van der Waals surface area contributed by atoms with E-state index in [4.69, 9.17) is 10.5 Å². The van der Waals surface area contributed by atoms with Gasteiger partial charge in [-0.05, 0) is 25.3 Å². The average Bonchev–Trinajstić information content (AvgIpc) is 2.57. The van der Waals surface area contributed by atoms with Crippen molar-refractivity contribution in [3.8, 4) is 0 Å². The molecular weight excluding hydrogens is 292 g/mol. The van der Waals surface area contributed by atoms with Gasteiger partial charge in [-0.15, -0.1) is 0 Å². The van der Waals surface area contributed by atoms with Gasteiger partial charge in [0.05, 0.1) is 18.4 Å². The lowest BCUT2D eigenvalue weighted by atomic mass is 9.95. The van der Waals surface area contributed by atoms with Crippen molar-refractivity contribution in [3.63, 3.8) is 0 Å². The molecule has 2 aromatic rings. The molecule has 2 heterocycles. The zero-order valence-corrected chi connectivity index (χ0v) is 13.0. The van der Waals surface area contributed by atoms with Crippen LogP contribution in [0.1, 0.15) is 40.6 Å². The van der Waals surface area contributed by atoms with Crippen LogP contribution in [0.3, 0.4) is 0 Å². The minimum absolute atomic E-state index is 0.0260. The Balaban J connectivity index is 1.76. The van der Waals surface area contributed by atoms with Crippen molar-refractivity contribution in [2.24, 2.45) is 5.73 Å². The van der Waals surface area contributed by atoms with Crippen molar-refractivity contribution in [1.29, 1.82) is 0 Å². The first-order valence-corrected chi connectivity index (χ1v) is 7.70. The number of hydrogen-bond acceptors (Lipinski definition) is 5. The second-order valence-corrected chi connectivity index (χ2v) is 5.75. The highest BCUT2D eigenvalue weighted by atomic mass is 16.5. The second-order valence-electron chi connectivity index (χ2n) is 5.75. The Labute approximate surface area is 135 Å². The number of hydrogen-bond donors (Lipinski definition) is 2. The molecule has 23 heavy (non-hydrogen) atoms. The summed E-state index contributed by atoms with van der Waals surface area (Å²) in [5.41, 5.74) is 7.71. The molecular formula is C17H20N4O2. The van der Waals surface area contributed by atoms with Gasteiger partial charge in [0.15, 0.2) is 0 Å². The van der Waals surface area contributed by atoms with E-state index >= 15 is 0 Å². The van der Waals surface area contributed by atoms with Crippen LogP contribution < -0.4 is 11.1 Å². The maximum absolute atomic E-state index is 11.0. The third kappa shape index (κ3) is 3.65. The van der Waals surface area contributed by atoms with Gasteiger partial charge in [0.25, 0.3) is 5.91 Å². The van der Waals surface area contributed by atoms with Crippen molar-refractivity contribution < 1.29 is 9.53 Å². The van der Waals surface area contributed by atoms with Crippen LogP contribution >= 0.6 is 0 Å². The molecule has 3 N–H and O–H groups in total. The Bertz CT molecular complexity index is 670. The molecule has 0 unspecified atom stereocenters. The number of benzene rings is 1. The van der Waals surface area contributed by atoms with Gasteiger partial charge in [-0.1, -0.05) is 29.8 Å². The number of carbonyl (C=O) groups is 1. The number of primary amides is 1. The molecule has 1 aromatic carbocycles. The SMILES string of the molecule is Cc1ccc([C@@H]2OCCC[C@H]2Nc2cnc(C(N)=O)cn2)cc1. The molecule has 0 spiro atoms. The lowest BCUT2D eigenvalue weighted by Gasteiger charge is -2.33. The van der Waals surface area contributed by atoms with Gasteiger partial charge in [-0.3, -0.25) is 4.79 Å². The van der Waals surface area contributed by atoms with Crippen LogP contribution in [0.25, 0.3) is 0 Å².